The zero-order valence-electron chi connectivity index (χ0n) is 20.7. The van der Waals surface area contributed by atoms with Gasteiger partial charge in [-0.1, -0.05) is 36.4 Å². The summed E-state index contributed by atoms with van der Waals surface area (Å²) in [6, 6.07) is 12.1. The number of fused-ring (bicyclic) bond motifs is 2. The molecule has 2 aromatic carbocycles. The van der Waals surface area contributed by atoms with Gasteiger partial charge in [0.1, 0.15) is 0 Å². The number of nitrogens with zero attached hydrogens (tertiary/aromatic N) is 1. The van der Waals surface area contributed by atoms with Crippen LogP contribution >= 0.6 is 0 Å². The van der Waals surface area contributed by atoms with Gasteiger partial charge in [-0.05, 0) is 93.2 Å². The van der Waals surface area contributed by atoms with Crippen LogP contribution in [0.25, 0.3) is 0 Å². The van der Waals surface area contributed by atoms with Gasteiger partial charge in [0.25, 0.3) is 0 Å². The number of carbonyl (C=O) groups excluding carboxylic acids is 1. The minimum Gasteiger partial charge on any atom is -0.307 e. The summed E-state index contributed by atoms with van der Waals surface area (Å²) in [7, 11) is -3.71. The Balaban J connectivity index is 0.00000324. The molecule has 0 unspecified atom stereocenters. The molecule has 2 aliphatic carbocycles. The van der Waals surface area contributed by atoms with E-state index in [4.69, 9.17) is 0 Å². The average molecular weight is 509 g/mol. The van der Waals surface area contributed by atoms with Crippen molar-refractivity contribution >= 4 is 73.1 Å². The van der Waals surface area contributed by atoms with Crippen LogP contribution in [0, 0.1) is 0 Å². The summed E-state index contributed by atoms with van der Waals surface area (Å²) in [5, 5.41) is 2.91. The number of aryl methyl sites for hydroxylation is 2. The molecule has 1 radical (unpaired) electrons. The molecule has 2 N–H and O–H groups in total. The maximum atomic E-state index is 12.7. The molecule has 0 heterocycles. The zero-order chi connectivity index (χ0) is 23.4. The summed E-state index contributed by atoms with van der Waals surface area (Å²) >= 11 is 0. The summed E-state index contributed by atoms with van der Waals surface area (Å²) < 4.78 is 27.5. The van der Waals surface area contributed by atoms with E-state index in [-0.39, 0.29) is 57.1 Å². The molecule has 34 heavy (non-hydrogen) atoms. The van der Waals surface area contributed by atoms with Gasteiger partial charge < -0.3 is 5.32 Å². The van der Waals surface area contributed by atoms with Crippen molar-refractivity contribution < 1.29 is 13.2 Å². The predicted molar refractivity (Wildman–Crippen MR) is 139 cm³/mol. The molecule has 179 valence electrons. The maximum absolute atomic E-state index is 12.7. The van der Waals surface area contributed by atoms with E-state index < -0.39 is 16.1 Å². The van der Waals surface area contributed by atoms with Crippen molar-refractivity contribution in [2.45, 2.75) is 71.4 Å². The van der Waals surface area contributed by atoms with Crippen LogP contribution < -0.4 is 10.0 Å². The van der Waals surface area contributed by atoms with Crippen LogP contribution in [0.15, 0.2) is 36.4 Å². The number of urea groups is 1. The van der Waals surface area contributed by atoms with Crippen molar-refractivity contribution in [3.05, 3.63) is 64.2 Å². The fourth-order valence-corrected chi connectivity index (χ4v) is 6.04. The van der Waals surface area contributed by atoms with Gasteiger partial charge in [0.05, 0.1) is 5.75 Å². The topological polar surface area (TPSA) is 78.5 Å². The normalized spacial score (nSPS) is 14.6. The molecular formula is C26H35KN3O3S. The van der Waals surface area contributed by atoms with Crippen LogP contribution in [0.5, 0.6) is 0 Å². The van der Waals surface area contributed by atoms with Crippen LogP contribution in [-0.4, -0.2) is 89.1 Å². The number of benzene rings is 2. The number of hydrogen-bond acceptors (Lipinski definition) is 4. The predicted octanol–water partition coefficient (Wildman–Crippen LogP) is 4.04. The monoisotopic (exact) mass is 508 g/mol. The molecule has 2 amide bonds. The summed E-state index contributed by atoms with van der Waals surface area (Å²) in [5.41, 5.74) is 7.06. The Bertz CT molecular complexity index is 1070. The minimum absolute atomic E-state index is 0. The number of carbonyl (C=O) groups is 1. The Morgan fingerprint density at radius 3 is 2.21 bits per heavy atom. The second-order valence-corrected chi connectivity index (χ2v) is 11.4. The van der Waals surface area contributed by atoms with Gasteiger partial charge in [-0.2, -0.15) is 0 Å². The van der Waals surface area contributed by atoms with Crippen LogP contribution in [0.4, 0.5) is 10.5 Å². The second kappa shape index (κ2) is 12.5. The van der Waals surface area contributed by atoms with E-state index in [0.29, 0.717) is 19.0 Å². The summed E-state index contributed by atoms with van der Waals surface area (Å²) in [6.07, 6.45) is 6.59. The number of anilines is 1. The van der Waals surface area contributed by atoms with Gasteiger partial charge in [-0.15, -0.1) is 0 Å². The summed E-state index contributed by atoms with van der Waals surface area (Å²) in [4.78, 5) is 14.9. The molecule has 0 atom stereocenters. The molecule has 6 nitrogen and oxygen atoms in total. The summed E-state index contributed by atoms with van der Waals surface area (Å²) in [6.45, 7) is 5.64. The number of sulfonamides is 1. The van der Waals surface area contributed by atoms with Crippen molar-refractivity contribution in [1.29, 1.82) is 0 Å². The molecule has 0 fully saturated rings. The van der Waals surface area contributed by atoms with Crippen molar-refractivity contribution in [3.63, 3.8) is 0 Å². The van der Waals surface area contributed by atoms with Gasteiger partial charge in [0.2, 0.25) is 10.0 Å². The fourth-order valence-electron chi connectivity index (χ4n) is 5.09. The molecule has 2 aliphatic rings. The third-order valence-corrected chi connectivity index (χ3v) is 8.10. The Kier molecular flexibility index (Phi) is 10.2. The largest absolute Gasteiger partial charge is 0.332 e. The van der Waals surface area contributed by atoms with E-state index in [2.05, 4.69) is 47.0 Å². The van der Waals surface area contributed by atoms with E-state index in [1.54, 1.807) is 0 Å². The molecule has 0 saturated heterocycles. The van der Waals surface area contributed by atoms with E-state index >= 15 is 0 Å². The van der Waals surface area contributed by atoms with Crippen LogP contribution in [0.1, 0.15) is 60.9 Å². The van der Waals surface area contributed by atoms with Crippen molar-refractivity contribution in [1.82, 2.24) is 9.62 Å². The van der Waals surface area contributed by atoms with E-state index in [0.717, 1.165) is 50.8 Å². The fraction of sp³-hybridized carbons (Fsp3) is 0.500. The van der Waals surface area contributed by atoms with Crippen LogP contribution in [-0.2, 0) is 42.3 Å². The van der Waals surface area contributed by atoms with E-state index in [9.17, 15) is 13.2 Å². The molecule has 2 aromatic rings. The Morgan fingerprint density at radius 1 is 1.00 bits per heavy atom. The molecule has 4 rings (SSSR count). The molecule has 0 saturated carbocycles. The Labute approximate surface area is 246 Å². The second-order valence-electron chi connectivity index (χ2n) is 9.51. The SMILES string of the molecule is CC(C)N(CCCS(=O)(=O)NC(=O)Nc1c2c(cc3c1CCC3)CCC2)Cc1ccccc1.[K]. The van der Waals surface area contributed by atoms with Gasteiger partial charge in [0.15, 0.2) is 0 Å². The van der Waals surface area contributed by atoms with Crippen molar-refractivity contribution in [3.8, 4) is 0 Å². The summed E-state index contributed by atoms with van der Waals surface area (Å²) in [5.74, 6) is -0.0799. The smallest absolute Gasteiger partial charge is 0.307 e. The molecule has 0 aromatic heterocycles. The van der Waals surface area contributed by atoms with Gasteiger partial charge in [-0.25, -0.2) is 17.9 Å². The van der Waals surface area contributed by atoms with Crippen molar-refractivity contribution in [2.24, 2.45) is 0 Å². The van der Waals surface area contributed by atoms with E-state index in [1.165, 1.54) is 27.8 Å². The van der Waals surface area contributed by atoms with Gasteiger partial charge in [0, 0.05) is 69.7 Å². The third-order valence-electron chi connectivity index (χ3n) is 6.78. The zero-order valence-corrected chi connectivity index (χ0v) is 24.6. The first-order valence-corrected chi connectivity index (χ1v) is 13.7. The van der Waals surface area contributed by atoms with Crippen LogP contribution in [0.3, 0.4) is 0 Å². The first kappa shape index (κ1) is 27.8. The Morgan fingerprint density at radius 2 is 1.62 bits per heavy atom. The Hall–Kier alpha value is -0.744. The quantitative estimate of drug-likeness (QED) is 0.501. The molecular weight excluding hydrogens is 473 g/mol. The molecule has 0 aliphatic heterocycles. The number of hydrogen-bond donors (Lipinski definition) is 2. The average Bonchev–Trinajstić information content (AvgIpc) is 3.42. The first-order chi connectivity index (χ1) is 15.8. The molecule has 8 heteroatoms. The van der Waals surface area contributed by atoms with Crippen LogP contribution in [0.2, 0.25) is 0 Å². The van der Waals surface area contributed by atoms with Crippen molar-refractivity contribution in [2.75, 3.05) is 17.6 Å². The van der Waals surface area contributed by atoms with E-state index in [1.807, 2.05) is 18.2 Å². The number of rotatable bonds is 9. The minimum atomic E-state index is -3.71. The van der Waals surface area contributed by atoms with Gasteiger partial charge in [-0.3, -0.25) is 4.90 Å². The standard InChI is InChI=1S/C26H35N3O3S.K/c1-19(2)29(18-20-9-4-3-5-10-20)15-8-16-33(31,32)28-26(30)27-25-23-13-6-11-21(23)17-22-12-7-14-24(22)25;/h3-5,9-10,17,19H,6-8,11-16,18H2,1-2H3,(H2,27,28,30);. The first-order valence-electron chi connectivity index (χ1n) is 12.1. The van der Waals surface area contributed by atoms with Gasteiger partial charge >= 0.3 is 6.03 Å². The molecule has 0 bridgehead atoms. The number of amides is 2. The number of nitrogens with one attached hydrogen (secondary N) is 2. The molecule has 0 spiro atoms. The maximum Gasteiger partial charge on any atom is 0.332 e. The third kappa shape index (κ3) is 7.15.